The lowest BCUT2D eigenvalue weighted by molar-refractivity contribution is -0.149. The first-order valence-electron chi connectivity index (χ1n) is 8.50. The average molecular weight is 368 g/mol. The van der Waals surface area contributed by atoms with E-state index in [1.54, 1.807) is 19.2 Å². The van der Waals surface area contributed by atoms with Crippen molar-refractivity contribution in [3.05, 3.63) is 69.8 Å². The molecule has 3 aromatic rings. The Kier molecular flexibility index (Phi) is 5.07. The van der Waals surface area contributed by atoms with Crippen LogP contribution in [0.2, 0.25) is 0 Å². The molecule has 0 aliphatic carbocycles. The molecular formula is C19H20N4O4. The van der Waals surface area contributed by atoms with Gasteiger partial charge in [-0.1, -0.05) is 30.3 Å². The molecule has 1 atom stereocenters. The molecular weight excluding hydrogens is 348 g/mol. The summed E-state index contributed by atoms with van der Waals surface area (Å²) in [6.07, 6.45) is 1.37. The number of rotatable bonds is 6. The van der Waals surface area contributed by atoms with E-state index in [4.69, 9.17) is 0 Å². The fourth-order valence-electron chi connectivity index (χ4n) is 2.92. The summed E-state index contributed by atoms with van der Waals surface area (Å²) in [6.45, 7) is 3.26. The number of amides is 1. The van der Waals surface area contributed by atoms with Crippen LogP contribution in [-0.4, -0.2) is 42.5 Å². The minimum Gasteiger partial charge on any atom is -0.480 e. The number of carbonyl (C=O) groups excluding carboxylic acids is 1. The van der Waals surface area contributed by atoms with Crippen LogP contribution in [0.4, 0.5) is 0 Å². The van der Waals surface area contributed by atoms with Crippen molar-refractivity contribution in [3.63, 3.8) is 0 Å². The second-order valence-electron chi connectivity index (χ2n) is 6.34. The molecule has 1 unspecified atom stereocenters. The predicted molar refractivity (Wildman–Crippen MR) is 98.3 cm³/mol. The van der Waals surface area contributed by atoms with Crippen LogP contribution in [0.3, 0.4) is 0 Å². The van der Waals surface area contributed by atoms with Gasteiger partial charge in [-0.15, -0.1) is 0 Å². The topological polar surface area (TPSA) is 108 Å². The number of H-pyrrole nitrogens is 1. The Morgan fingerprint density at radius 1 is 1.26 bits per heavy atom. The van der Waals surface area contributed by atoms with Gasteiger partial charge in [-0.05, 0) is 19.4 Å². The maximum Gasteiger partial charge on any atom is 0.326 e. The van der Waals surface area contributed by atoms with Crippen LogP contribution in [0.25, 0.3) is 5.65 Å². The molecule has 8 nitrogen and oxygen atoms in total. The molecule has 0 radical (unpaired) electrons. The maximum atomic E-state index is 12.9. The van der Waals surface area contributed by atoms with E-state index in [0.29, 0.717) is 11.3 Å². The molecule has 2 N–H and O–H groups in total. The number of nitrogens with one attached hydrogen (secondary N) is 1. The monoisotopic (exact) mass is 368 g/mol. The van der Waals surface area contributed by atoms with E-state index in [0.717, 1.165) is 5.56 Å². The molecule has 0 fully saturated rings. The number of benzene rings is 1. The number of aromatic nitrogens is 3. The molecule has 0 saturated heterocycles. The molecule has 27 heavy (non-hydrogen) atoms. The van der Waals surface area contributed by atoms with Crippen molar-refractivity contribution in [1.82, 2.24) is 19.5 Å². The molecule has 140 valence electrons. The van der Waals surface area contributed by atoms with Crippen LogP contribution in [0.1, 0.15) is 23.7 Å². The lowest BCUT2D eigenvalue weighted by Gasteiger charge is -2.27. The average Bonchev–Trinajstić information content (AvgIpc) is 3.11. The lowest BCUT2D eigenvalue weighted by atomic mass is 10.1. The summed E-state index contributed by atoms with van der Waals surface area (Å²) in [7, 11) is 0. The number of hydrogen-bond acceptors (Lipinski definition) is 4. The summed E-state index contributed by atoms with van der Waals surface area (Å²) in [4.78, 5) is 42.6. The summed E-state index contributed by atoms with van der Waals surface area (Å²) in [5.74, 6) is -1.55. The zero-order chi connectivity index (χ0) is 19.6. The number of aliphatic carboxylic acids is 1. The molecule has 0 saturated carbocycles. The van der Waals surface area contributed by atoms with Crippen LogP contribution < -0.4 is 5.56 Å². The van der Waals surface area contributed by atoms with Gasteiger partial charge in [0.25, 0.3) is 5.56 Å². The second kappa shape index (κ2) is 7.45. The third-order valence-corrected chi connectivity index (χ3v) is 4.51. The molecule has 0 aliphatic heterocycles. The van der Waals surface area contributed by atoms with Crippen LogP contribution in [0.15, 0.2) is 47.4 Å². The summed E-state index contributed by atoms with van der Waals surface area (Å²) in [5, 5.41) is 12.2. The Labute approximate surface area is 155 Å². The van der Waals surface area contributed by atoms with Crippen LogP contribution in [0, 0.1) is 6.92 Å². The summed E-state index contributed by atoms with van der Waals surface area (Å²) >= 11 is 0. The fraction of sp³-hybridized carbons (Fsp3) is 0.263. The number of fused-ring (bicyclic) bond motifs is 1. The number of hydrogen-bond donors (Lipinski definition) is 2. The Morgan fingerprint density at radius 3 is 2.63 bits per heavy atom. The Balaban J connectivity index is 1.92. The van der Waals surface area contributed by atoms with Crippen LogP contribution >= 0.6 is 0 Å². The minimum atomic E-state index is -1.11. The van der Waals surface area contributed by atoms with Crippen molar-refractivity contribution in [2.45, 2.75) is 32.9 Å². The quantitative estimate of drug-likeness (QED) is 0.683. The van der Waals surface area contributed by atoms with E-state index < -0.39 is 17.9 Å². The molecule has 1 amide bonds. The minimum absolute atomic E-state index is 0.145. The van der Waals surface area contributed by atoms with Gasteiger partial charge in [0.2, 0.25) is 5.91 Å². The van der Waals surface area contributed by atoms with Crippen molar-refractivity contribution in [2.24, 2.45) is 0 Å². The zero-order valence-corrected chi connectivity index (χ0v) is 15.0. The largest absolute Gasteiger partial charge is 0.480 e. The predicted octanol–water partition coefficient (Wildman–Crippen LogP) is 1.38. The third-order valence-electron chi connectivity index (χ3n) is 4.51. The standard InChI is InChI=1S/C19H20N4O4/c1-12-15(18(25)23-16(21-12)8-9-20-23)10-17(24)22(13(2)19(26)27)11-14-6-4-3-5-7-14/h3-9,13,20H,10-11H2,1-2H3,(H,26,27). The molecule has 0 bridgehead atoms. The number of carbonyl (C=O) groups is 2. The molecule has 2 aromatic heterocycles. The van der Waals surface area contributed by atoms with Gasteiger partial charge in [-0.3, -0.25) is 14.7 Å². The van der Waals surface area contributed by atoms with Gasteiger partial charge in [0.1, 0.15) is 6.04 Å². The van der Waals surface area contributed by atoms with Gasteiger partial charge >= 0.3 is 5.97 Å². The smallest absolute Gasteiger partial charge is 0.326 e. The normalized spacial score (nSPS) is 12.1. The molecule has 3 rings (SSSR count). The number of carboxylic acids is 1. The van der Waals surface area contributed by atoms with Gasteiger partial charge in [-0.2, -0.15) is 0 Å². The number of aromatic amines is 1. The first kappa shape index (κ1) is 18.4. The second-order valence-corrected chi connectivity index (χ2v) is 6.34. The van der Waals surface area contributed by atoms with E-state index >= 15 is 0 Å². The highest BCUT2D eigenvalue weighted by molar-refractivity contribution is 5.84. The van der Waals surface area contributed by atoms with E-state index in [1.807, 2.05) is 30.3 Å². The molecule has 2 heterocycles. The maximum absolute atomic E-state index is 12.9. The van der Waals surface area contributed by atoms with Gasteiger partial charge in [0.15, 0.2) is 5.65 Å². The molecule has 1 aromatic carbocycles. The first-order valence-corrected chi connectivity index (χ1v) is 8.50. The van der Waals surface area contributed by atoms with Crippen molar-refractivity contribution in [2.75, 3.05) is 0 Å². The molecule has 0 aliphatic rings. The van der Waals surface area contributed by atoms with Crippen molar-refractivity contribution < 1.29 is 14.7 Å². The highest BCUT2D eigenvalue weighted by Crippen LogP contribution is 2.12. The van der Waals surface area contributed by atoms with Gasteiger partial charge in [0, 0.05) is 30.1 Å². The van der Waals surface area contributed by atoms with Gasteiger partial charge in [-0.25, -0.2) is 14.3 Å². The Hall–Kier alpha value is -3.42. The number of carboxylic acid groups (broad SMARTS) is 1. The first-order chi connectivity index (χ1) is 12.9. The SMILES string of the molecule is Cc1nc2cc[nH]n2c(=O)c1CC(=O)N(Cc1ccccc1)C(C)C(=O)O. The van der Waals surface area contributed by atoms with Crippen LogP contribution in [0.5, 0.6) is 0 Å². The third kappa shape index (κ3) is 3.74. The van der Waals surface area contributed by atoms with E-state index in [1.165, 1.54) is 16.3 Å². The van der Waals surface area contributed by atoms with E-state index in [-0.39, 0.29) is 24.1 Å². The van der Waals surface area contributed by atoms with Crippen LogP contribution in [-0.2, 0) is 22.6 Å². The van der Waals surface area contributed by atoms with Crippen molar-refractivity contribution in [1.29, 1.82) is 0 Å². The molecule has 0 spiro atoms. The number of aryl methyl sites for hydroxylation is 1. The highest BCUT2D eigenvalue weighted by Gasteiger charge is 2.27. The Morgan fingerprint density at radius 2 is 1.96 bits per heavy atom. The van der Waals surface area contributed by atoms with E-state index in [9.17, 15) is 19.5 Å². The fourth-order valence-corrected chi connectivity index (χ4v) is 2.92. The summed E-state index contributed by atoms with van der Waals surface area (Å²) in [6, 6.07) is 9.77. The number of nitrogens with zero attached hydrogens (tertiary/aromatic N) is 3. The summed E-state index contributed by atoms with van der Waals surface area (Å²) in [5.41, 5.74) is 1.61. The molecule has 8 heteroatoms. The Bertz CT molecular complexity index is 1040. The van der Waals surface area contributed by atoms with Gasteiger partial charge in [0.05, 0.1) is 6.42 Å². The van der Waals surface area contributed by atoms with Crippen molar-refractivity contribution in [3.8, 4) is 0 Å². The highest BCUT2D eigenvalue weighted by atomic mass is 16.4. The van der Waals surface area contributed by atoms with Crippen molar-refractivity contribution >= 4 is 17.5 Å². The van der Waals surface area contributed by atoms with Gasteiger partial charge < -0.3 is 10.0 Å². The summed E-state index contributed by atoms with van der Waals surface area (Å²) < 4.78 is 1.26. The lowest BCUT2D eigenvalue weighted by Crippen LogP contribution is -2.44. The zero-order valence-electron chi connectivity index (χ0n) is 15.0. The van der Waals surface area contributed by atoms with E-state index in [2.05, 4.69) is 10.1 Å².